The van der Waals surface area contributed by atoms with Crippen molar-refractivity contribution in [2.75, 3.05) is 7.05 Å². The molecular weight excluding hydrogens is 238 g/mol. The molecule has 2 rings (SSSR count). The van der Waals surface area contributed by atoms with Crippen molar-refractivity contribution in [1.82, 2.24) is 14.1 Å². The molecule has 17 heavy (non-hydrogen) atoms. The van der Waals surface area contributed by atoms with Crippen LogP contribution in [0.25, 0.3) is 0 Å². The standard InChI is InChI=1S/C11H19N3O2S/c1-11(2)7-9(8-11)14(4)17(15,16)10-5-6-13(3)12-10/h5-6,9H,7-8H2,1-4H3. The van der Waals surface area contributed by atoms with E-state index in [1.807, 2.05) is 0 Å². The molecule has 1 aromatic rings. The second-order valence-corrected chi connectivity index (χ2v) is 7.52. The van der Waals surface area contributed by atoms with Gasteiger partial charge in [-0.3, -0.25) is 4.68 Å². The lowest BCUT2D eigenvalue weighted by Gasteiger charge is -2.46. The van der Waals surface area contributed by atoms with Gasteiger partial charge < -0.3 is 0 Å². The van der Waals surface area contributed by atoms with Crippen LogP contribution in [0.4, 0.5) is 0 Å². The smallest absolute Gasteiger partial charge is 0.262 e. The van der Waals surface area contributed by atoms with Crippen molar-refractivity contribution in [3.05, 3.63) is 12.3 Å². The van der Waals surface area contributed by atoms with Crippen LogP contribution in [0, 0.1) is 5.41 Å². The lowest BCUT2D eigenvalue weighted by atomic mass is 9.68. The maximum Gasteiger partial charge on any atom is 0.262 e. The monoisotopic (exact) mass is 257 g/mol. The summed E-state index contributed by atoms with van der Waals surface area (Å²) < 4.78 is 27.4. The first-order chi connectivity index (χ1) is 7.72. The minimum atomic E-state index is -3.43. The van der Waals surface area contributed by atoms with Crippen molar-refractivity contribution in [3.8, 4) is 0 Å². The molecule has 0 aliphatic heterocycles. The van der Waals surface area contributed by atoms with Gasteiger partial charge in [0.25, 0.3) is 10.0 Å². The van der Waals surface area contributed by atoms with Crippen molar-refractivity contribution >= 4 is 10.0 Å². The fraction of sp³-hybridized carbons (Fsp3) is 0.727. The first-order valence-corrected chi connectivity index (χ1v) is 7.14. The van der Waals surface area contributed by atoms with Gasteiger partial charge in [0, 0.05) is 26.3 Å². The SMILES string of the molecule is CN(C1CC(C)(C)C1)S(=O)(=O)c1ccn(C)n1. The Morgan fingerprint density at radius 1 is 1.47 bits per heavy atom. The highest BCUT2D eigenvalue weighted by Gasteiger charge is 2.42. The predicted molar refractivity (Wildman–Crippen MR) is 65.0 cm³/mol. The van der Waals surface area contributed by atoms with Crippen molar-refractivity contribution in [2.45, 2.75) is 37.8 Å². The summed E-state index contributed by atoms with van der Waals surface area (Å²) in [5.41, 5.74) is 0.262. The van der Waals surface area contributed by atoms with Crippen LogP contribution in [0.1, 0.15) is 26.7 Å². The Labute approximate surface area is 102 Å². The van der Waals surface area contributed by atoms with Gasteiger partial charge in [-0.2, -0.15) is 9.40 Å². The molecule has 1 saturated carbocycles. The average molecular weight is 257 g/mol. The third kappa shape index (κ3) is 2.24. The normalized spacial score (nSPS) is 20.5. The fourth-order valence-corrected chi connectivity index (χ4v) is 3.65. The Bertz CT molecular complexity index is 511. The molecule has 1 aliphatic rings. The number of rotatable bonds is 3. The maximum atomic E-state index is 12.2. The first kappa shape index (κ1) is 12.6. The first-order valence-electron chi connectivity index (χ1n) is 5.70. The lowest BCUT2D eigenvalue weighted by molar-refractivity contribution is 0.0855. The molecule has 0 aromatic carbocycles. The predicted octanol–water partition coefficient (Wildman–Crippen LogP) is 1.23. The highest BCUT2D eigenvalue weighted by atomic mass is 32.2. The van der Waals surface area contributed by atoms with Gasteiger partial charge in [-0.25, -0.2) is 8.42 Å². The summed E-state index contributed by atoms with van der Waals surface area (Å²) in [7, 11) is -0.0705. The summed E-state index contributed by atoms with van der Waals surface area (Å²) in [5, 5.41) is 4.10. The highest BCUT2D eigenvalue weighted by molar-refractivity contribution is 7.89. The van der Waals surface area contributed by atoms with E-state index in [-0.39, 0.29) is 16.5 Å². The summed E-state index contributed by atoms with van der Waals surface area (Å²) >= 11 is 0. The number of hydrogen-bond acceptors (Lipinski definition) is 3. The largest absolute Gasteiger partial charge is 0.274 e. The minimum Gasteiger partial charge on any atom is -0.274 e. The quantitative estimate of drug-likeness (QED) is 0.818. The molecule has 1 aliphatic carbocycles. The van der Waals surface area contributed by atoms with Crippen molar-refractivity contribution < 1.29 is 8.42 Å². The Hall–Kier alpha value is -0.880. The van der Waals surface area contributed by atoms with Gasteiger partial charge in [-0.1, -0.05) is 13.8 Å². The molecule has 0 unspecified atom stereocenters. The van der Waals surface area contributed by atoms with Crippen LogP contribution in [-0.4, -0.2) is 35.6 Å². The molecule has 0 spiro atoms. The maximum absolute atomic E-state index is 12.2. The van der Waals surface area contributed by atoms with Crippen LogP contribution in [0.2, 0.25) is 0 Å². The molecule has 0 amide bonds. The van der Waals surface area contributed by atoms with E-state index in [2.05, 4.69) is 18.9 Å². The zero-order valence-corrected chi connectivity index (χ0v) is 11.5. The summed E-state index contributed by atoms with van der Waals surface area (Å²) in [4.78, 5) is 0. The van der Waals surface area contributed by atoms with Crippen molar-refractivity contribution in [3.63, 3.8) is 0 Å². The van der Waals surface area contributed by atoms with Crippen LogP contribution in [0.5, 0.6) is 0 Å². The van der Waals surface area contributed by atoms with Crippen molar-refractivity contribution in [2.24, 2.45) is 12.5 Å². The third-order valence-electron chi connectivity index (χ3n) is 3.42. The van der Waals surface area contributed by atoms with E-state index in [0.717, 1.165) is 12.8 Å². The minimum absolute atomic E-state index is 0.108. The van der Waals surface area contributed by atoms with Crippen molar-refractivity contribution in [1.29, 1.82) is 0 Å². The average Bonchev–Trinajstić information content (AvgIpc) is 2.60. The van der Waals surface area contributed by atoms with Gasteiger partial charge in [-0.15, -0.1) is 0 Å². The van der Waals surface area contributed by atoms with Gasteiger partial charge in [0.2, 0.25) is 0 Å². The third-order valence-corrected chi connectivity index (χ3v) is 5.23. The molecule has 96 valence electrons. The van der Waals surface area contributed by atoms with E-state index < -0.39 is 10.0 Å². The molecule has 0 N–H and O–H groups in total. The van der Waals surface area contributed by atoms with Crippen LogP contribution < -0.4 is 0 Å². The summed E-state index contributed by atoms with van der Waals surface area (Å²) in [5.74, 6) is 0. The Balaban J connectivity index is 2.17. The topological polar surface area (TPSA) is 55.2 Å². The van der Waals surface area contributed by atoms with E-state index in [1.54, 1.807) is 20.3 Å². The fourth-order valence-electron chi connectivity index (χ4n) is 2.35. The van der Waals surface area contributed by atoms with E-state index >= 15 is 0 Å². The second-order valence-electron chi connectivity index (χ2n) is 5.58. The Kier molecular flexibility index (Phi) is 2.82. The molecule has 5 nitrogen and oxygen atoms in total. The number of aromatic nitrogens is 2. The van der Waals surface area contributed by atoms with E-state index in [0.29, 0.717) is 0 Å². The summed E-state index contributed by atoms with van der Waals surface area (Å²) in [6.07, 6.45) is 3.47. The van der Waals surface area contributed by atoms with Crippen LogP contribution in [-0.2, 0) is 17.1 Å². The zero-order valence-electron chi connectivity index (χ0n) is 10.7. The van der Waals surface area contributed by atoms with E-state index in [1.165, 1.54) is 15.1 Å². The molecule has 0 radical (unpaired) electrons. The molecule has 0 saturated heterocycles. The van der Waals surface area contributed by atoms with Gasteiger partial charge >= 0.3 is 0 Å². The van der Waals surface area contributed by atoms with Crippen LogP contribution in [0.3, 0.4) is 0 Å². The zero-order chi connectivity index (χ0) is 12.8. The molecule has 1 aromatic heterocycles. The second kappa shape index (κ2) is 3.81. The number of sulfonamides is 1. The number of nitrogens with zero attached hydrogens (tertiary/aromatic N) is 3. The lowest BCUT2D eigenvalue weighted by Crippen LogP contribution is -2.49. The Morgan fingerprint density at radius 3 is 2.47 bits per heavy atom. The molecular formula is C11H19N3O2S. The molecule has 1 fully saturated rings. The molecule has 0 atom stereocenters. The van der Waals surface area contributed by atoms with E-state index in [9.17, 15) is 8.42 Å². The number of hydrogen-bond donors (Lipinski definition) is 0. The van der Waals surface area contributed by atoms with Gasteiger partial charge in [0.05, 0.1) is 0 Å². The molecule has 1 heterocycles. The highest BCUT2D eigenvalue weighted by Crippen LogP contribution is 2.43. The van der Waals surface area contributed by atoms with Crippen LogP contribution in [0.15, 0.2) is 17.3 Å². The van der Waals surface area contributed by atoms with E-state index in [4.69, 9.17) is 0 Å². The van der Waals surface area contributed by atoms with Gasteiger partial charge in [0.1, 0.15) is 0 Å². The summed E-state index contributed by atoms with van der Waals surface area (Å²) in [6, 6.07) is 1.65. The molecule has 6 heteroatoms. The van der Waals surface area contributed by atoms with Gasteiger partial charge in [0.15, 0.2) is 5.03 Å². The van der Waals surface area contributed by atoms with Gasteiger partial charge in [-0.05, 0) is 24.3 Å². The van der Waals surface area contributed by atoms with Crippen LogP contribution >= 0.6 is 0 Å². The molecule has 0 bridgehead atoms. The Morgan fingerprint density at radius 2 is 2.06 bits per heavy atom. The summed E-state index contributed by atoms with van der Waals surface area (Å²) in [6.45, 7) is 4.31. The number of aryl methyl sites for hydroxylation is 1.